The van der Waals surface area contributed by atoms with Crippen LogP contribution in [0.15, 0.2) is 42.9 Å². The van der Waals surface area contributed by atoms with Gasteiger partial charge in [-0.25, -0.2) is 15.0 Å². The summed E-state index contributed by atoms with van der Waals surface area (Å²) >= 11 is 0. The Kier molecular flexibility index (Phi) is 4.19. The van der Waals surface area contributed by atoms with E-state index in [1.54, 1.807) is 12.4 Å². The number of hydrogen-bond donors (Lipinski definition) is 0. The van der Waals surface area contributed by atoms with E-state index >= 15 is 0 Å². The number of nitrogens with zero attached hydrogens (tertiary/aromatic N) is 5. The first-order valence-electron chi connectivity index (χ1n) is 8.28. The minimum atomic E-state index is -0.428. The zero-order valence-electron chi connectivity index (χ0n) is 14.0. The van der Waals surface area contributed by atoms with Crippen LogP contribution in [0.2, 0.25) is 0 Å². The first-order chi connectivity index (χ1) is 12.2. The maximum absolute atomic E-state index is 13.2. The van der Waals surface area contributed by atoms with Crippen molar-refractivity contribution in [3.8, 4) is 11.4 Å². The van der Waals surface area contributed by atoms with Crippen LogP contribution >= 0.6 is 0 Å². The van der Waals surface area contributed by atoms with Crippen LogP contribution in [0.25, 0.3) is 11.4 Å². The SMILES string of the molecule is Cc1nc(F)ccc1CN1CCc2nc(-c3ccncc3)ncc2C1. The molecule has 1 aliphatic heterocycles. The van der Waals surface area contributed by atoms with Gasteiger partial charge in [0, 0.05) is 61.5 Å². The summed E-state index contributed by atoms with van der Waals surface area (Å²) in [6.07, 6.45) is 6.29. The maximum atomic E-state index is 13.2. The van der Waals surface area contributed by atoms with Gasteiger partial charge in [0.05, 0.1) is 5.69 Å². The molecule has 0 aliphatic carbocycles. The summed E-state index contributed by atoms with van der Waals surface area (Å²) in [6.45, 7) is 4.31. The van der Waals surface area contributed by atoms with Crippen LogP contribution in [-0.2, 0) is 19.5 Å². The minimum absolute atomic E-state index is 0.428. The Balaban J connectivity index is 1.52. The van der Waals surface area contributed by atoms with Crippen LogP contribution in [0, 0.1) is 12.9 Å². The topological polar surface area (TPSA) is 54.8 Å². The van der Waals surface area contributed by atoms with Gasteiger partial charge in [-0.2, -0.15) is 4.39 Å². The Morgan fingerprint density at radius 1 is 1.12 bits per heavy atom. The van der Waals surface area contributed by atoms with Crippen LogP contribution < -0.4 is 0 Å². The predicted octanol–water partition coefficient (Wildman–Crippen LogP) is 2.94. The van der Waals surface area contributed by atoms with E-state index in [2.05, 4.69) is 19.9 Å². The lowest BCUT2D eigenvalue weighted by molar-refractivity contribution is 0.242. The molecule has 4 heterocycles. The zero-order chi connectivity index (χ0) is 17.2. The van der Waals surface area contributed by atoms with Gasteiger partial charge in [0.25, 0.3) is 0 Å². The van der Waals surface area contributed by atoms with Gasteiger partial charge in [-0.05, 0) is 30.7 Å². The van der Waals surface area contributed by atoms with Crippen LogP contribution in [0.1, 0.15) is 22.5 Å². The first-order valence-corrected chi connectivity index (χ1v) is 8.28. The molecule has 0 fully saturated rings. The summed E-state index contributed by atoms with van der Waals surface area (Å²) in [7, 11) is 0. The summed E-state index contributed by atoms with van der Waals surface area (Å²) in [5.74, 6) is 0.315. The second kappa shape index (κ2) is 6.64. The summed E-state index contributed by atoms with van der Waals surface area (Å²) in [5.41, 5.74) is 5.03. The fraction of sp³-hybridized carbons (Fsp3) is 0.263. The normalized spacial score (nSPS) is 14.3. The van der Waals surface area contributed by atoms with Crippen molar-refractivity contribution in [3.63, 3.8) is 0 Å². The highest BCUT2D eigenvalue weighted by molar-refractivity contribution is 5.54. The van der Waals surface area contributed by atoms with Gasteiger partial charge in [0.2, 0.25) is 5.95 Å². The zero-order valence-corrected chi connectivity index (χ0v) is 14.0. The van der Waals surface area contributed by atoms with Gasteiger partial charge in [-0.1, -0.05) is 6.07 Å². The van der Waals surface area contributed by atoms with Crippen molar-refractivity contribution in [2.75, 3.05) is 6.54 Å². The molecule has 4 rings (SSSR count). The molecular weight excluding hydrogens is 317 g/mol. The number of pyridine rings is 2. The average molecular weight is 335 g/mol. The highest BCUT2D eigenvalue weighted by Crippen LogP contribution is 2.22. The van der Waals surface area contributed by atoms with Crippen molar-refractivity contribution in [2.24, 2.45) is 0 Å². The van der Waals surface area contributed by atoms with Gasteiger partial charge in [-0.15, -0.1) is 0 Å². The number of hydrogen-bond acceptors (Lipinski definition) is 5. The molecule has 6 heteroatoms. The van der Waals surface area contributed by atoms with Crippen LogP contribution in [0.4, 0.5) is 4.39 Å². The van der Waals surface area contributed by atoms with E-state index in [-0.39, 0.29) is 0 Å². The van der Waals surface area contributed by atoms with E-state index < -0.39 is 5.95 Å². The largest absolute Gasteiger partial charge is 0.294 e. The molecule has 1 aliphatic rings. The monoisotopic (exact) mass is 335 g/mol. The Hall–Kier alpha value is -2.73. The highest BCUT2D eigenvalue weighted by atomic mass is 19.1. The third-order valence-corrected chi connectivity index (χ3v) is 4.51. The molecule has 3 aromatic rings. The highest BCUT2D eigenvalue weighted by Gasteiger charge is 2.19. The van der Waals surface area contributed by atoms with Gasteiger partial charge in [0.15, 0.2) is 5.82 Å². The second-order valence-electron chi connectivity index (χ2n) is 6.24. The number of fused-ring (bicyclic) bond motifs is 1. The van der Waals surface area contributed by atoms with E-state index in [0.29, 0.717) is 0 Å². The Morgan fingerprint density at radius 2 is 1.96 bits per heavy atom. The lowest BCUT2D eigenvalue weighted by atomic mass is 10.1. The van der Waals surface area contributed by atoms with E-state index in [1.165, 1.54) is 6.07 Å². The standard InChI is InChI=1S/C19H18FN5/c1-13-15(2-3-18(20)23-13)11-25-9-6-17-16(12-25)10-22-19(24-17)14-4-7-21-8-5-14/h2-5,7-8,10H,6,9,11-12H2,1H3. The van der Waals surface area contributed by atoms with Crippen molar-refractivity contribution in [1.82, 2.24) is 24.8 Å². The summed E-state index contributed by atoms with van der Waals surface area (Å²) in [4.78, 5) is 19.5. The predicted molar refractivity (Wildman–Crippen MR) is 92.0 cm³/mol. The molecule has 126 valence electrons. The van der Waals surface area contributed by atoms with Gasteiger partial charge in [-0.3, -0.25) is 9.88 Å². The fourth-order valence-electron chi connectivity index (χ4n) is 3.12. The van der Waals surface area contributed by atoms with Crippen molar-refractivity contribution >= 4 is 0 Å². The third kappa shape index (κ3) is 3.39. The van der Waals surface area contributed by atoms with E-state index in [9.17, 15) is 4.39 Å². The molecule has 0 bridgehead atoms. The molecule has 0 spiro atoms. The molecular formula is C19H18FN5. The Bertz CT molecular complexity index is 898. The fourth-order valence-corrected chi connectivity index (χ4v) is 3.12. The molecule has 0 saturated carbocycles. The number of aromatic nitrogens is 4. The molecule has 0 unspecified atom stereocenters. The lowest BCUT2D eigenvalue weighted by Crippen LogP contribution is -2.31. The average Bonchev–Trinajstić information content (AvgIpc) is 2.64. The Morgan fingerprint density at radius 3 is 2.76 bits per heavy atom. The molecule has 0 atom stereocenters. The van der Waals surface area contributed by atoms with E-state index in [1.807, 2.05) is 31.3 Å². The summed E-state index contributed by atoms with van der Waals surface area (Å²) in [5, 5.41) is 0. The van der Waals surface area contributed by atoms with Gasteiger partial charge in [0.1, 0.15) is 0 Å². The molecule has 0 N–H and O–H groups in total. The van der Waals surface area contributed by atoms with Gasteiger partial charge < -0.3 is 0 Å². The number of halogens is 1. The molecule has 5 nitrogen and oxygen atoms in total. The quantitative estimate of drug-likeness (QED) is 0.689. The lowest BCUT2D eigenvalue weighted by Gasteiger charge is -2.28. The van der Waals surface area contributed by atoms with Gasteiger partial charge >= 0.3 is 0 Å². The van der Waals surface area contributed by atoms with Crippen LogP contribution in [-0.4, -0.2) is 31.4 Å². The van der Waals surface area contributed by atoms with Crippen molar-refractivity contribution in [2.45, 2.75) is 26.4 Å². The van der Waals surface area contributed by atoms with Crippen molar-refractivity contribution in [3.05, 3.63) is 71.3 Å². The molecule has 25 heavy (non-hydrogen) atoms. The summed E-state index contributed by atoms with van der Waals surface area (Å²) < 4.78 is 13.2. The van der Waals surface area contributed by atoms with Crippen LogP contribution in [0.3, 0.4) is 0 Å². The molecule has 0 saturated heterocycles. The van der Waals surface area contributed by atoms with Crippen molar-refractivity contribution in [1.29, 1.82) is 0 Å². The molecule has 3 aromatic heterocycles. The molecule has 0 amide bonds. The maximum Gasteiger partial charge on any atom is 0.213 e. The summed E-state index contributed by atoms with van der Waals surface area (Å²) in [6, 6.07) is 7.07. The smallest absolute Gasteiger partial charge is 0.213 e. The van der Waals surface area contributed by atoms with Crippen molar-refractivity contribution < 1.29 is 4.39 Å². The first kappa shape index (κ1) is 15.8. The van der Waals surface area contributed by atoms with E-state index in [4.69, 9.17) is 4.98 Å². The van der Waals surface area contributed by atoms with E-state index in [0.717, 1.165) is 60.0 Å². The molecule has 0 aromatic carbocycles. The van der Waals surface area contributed by atoms with Crippen LogP contribution in [0.5, 0.6) is 0 Å². The number of rotatable bonds is 3. The molecule has 0 radical (unpaired) electrons. The third-order valence-electron chi connectivity index (χ3n) is 4.51. The minimum Gasteiger partial charge on any atom is -0.294 e. The number of aryl methyl sites for hydroxylation is 1. The Labute approximate surface area is 145 Å². The second-order valence-corrected chi connectivity index (χ2v) is 6.24.